The van der Waals surface area contributed by atoms with E-state index in [4.69, 9.17) is 0 Å². The van der Waals surface area contributed by atoms with Crippen LogP contribution in [0.25, 0.3) is 0 Å². The highest BCUT2D eigenvalue weighted by atomic mass is 19.4. The molecule has 5 heteroatoms. The number of nitrogens with zero attached hydrogens (tertiary/aromatic N) is 1. The van der Waals surface area contributed by atoms with Gasteiger partial charge >= 0.3 is 6.18 Å². The second kappa shape index (κ2) is 5.33. The summed E-state index contributed by atoms with van der Waals surface area (Å²) in [6.07, 6.45) is -2.79. The third-order valence-electron chi connectivity index (χ3n) is 3.31. The smallest absolute Gasteiger partial charge is 0.292 e. The zero-order chi connectivity index (χ0) is 14.0. The molecule has 19 heavy (non-hydrogen) atoms. The Kier molecular flexibility index (Phi) is 3.94. The van der Waals surface area contributed by atoms with Gasteiger partial charge in [0.25, 0.3) is 0 Å². The summed E-state index contributed by atoms with van der Waals surface area (Å²) in [4.78, 5) is 13.5. The number of carbonyl (C=O) groups is 1. The number of hydrogen-bond donors (Lipinski definition) is 0. The predicted molar refractivity (Wildman–Crippen MR) is 66.0 cm³/mol. The molecule has 1 fully saturated rings. The van der Waals surface area contributed by atoms with Crippen molar-refractivity contribution in [3.63, 3.8) is 0 Å². The standard InChI is InChI=1S/C14H16F3NO/c1-10(13(19)11-5-3-2-4-6-11)18(12-7-8-12)9-14(15,16)17/h2-6,10,12H,7-9H2,1H3. The zero-order valence-electron chi connectivity index (χ0n) is 10.7. The maximum atomic E-state index is 12.6. The molecule has 0 spiro atoms. The molecule has 0 N–H and O–H groups in total. The van der Waals surface area contributed by atoms with E-state index in [1.165, 1.54) is 4.90 Å². The molecule has 2 nitrogen and oxygen atoms in total. The minimum absolute atomic E-state index is 0.107. The summed E-state index contributed by atoms with van der Waals surface area (Å²) >= 11 is 0. The molecule has 1 saturated carbocycles. The second-order valence-corrected chi connectivity index (χ2v) is 4.92. The Morgan fingerprint density at radius 1 is 1.32 bits per heavy atom. The fourth-order valence-electron chi connectivity index (χ4n) is 2.19. The van der Waals surface area contributed by atoms with E-state index < -0.39 is 18.8 Å². The van der Waals surface area contributed by atoms with Crippen LogP contribution in [0, 0.1) is 0 Å². The molecule has 1 aliphatic rings. The van der Waals surface area contributed by atoms with Crippen LogP contribution in [0.4, 0.5) is 13.2 Å². The van der Waals surface area contributed by atoms with E-state index in [0.29, 0.717) is 5.56 Å². The third kappa shape index (κ3) is 3.80. The molecule has 0 heterocycles. The molecule has 0 bridgehead atoms. The van der Waals surface area contributed by atoms with Crippen molar-refractivity contribution in [3.05, 3.63) is 35.9 Å². The second-order valence-electron chi connectivity index (χ2n) is 4.92. The normalized spacial score (nSPS) is 17.5. The molecule has 2 rings (SSSR count). The Balaban J connectivity index is 2.11. The largest absolute Gasteiger partial charge is 0.401 e. The van der Waals surface area contributed by atoms with E-state index in [0.717, 1.165) is 12.8 Å². The summed E-state index contributed by atoms with van der Waals surface area (Å²) in [5.41, 5.74) is 0.461. The highest BCUT2D eigenvalue weighted by molar-refractivity contribution is 5.99. The van der Waals surface area contributed by atoms with Gasteiger partial charge < -0.3 is 0 Å². The molecule has 0 amide bonds. The average Bonchev–Trinajstić information content (AvgIpc) is 3.18. The molecular weight excluding hydrogens is 255 g/mol. The minimum atomic E-state index is -4.27. The van der Waals surface area contributed by atoms with Gasteiger partial charge in [0.1, 0.15) is 0 Å². The highest BCUT2D eigenvalue weighted by Crippen LogP contribution is 2.32. The van der Waals surface area contributed by atoms with Crippen molar-refractivity contribution >= 4 is 5.78 Å². The molecule has 1 unspecified atom stereocenters. The quantitative estimate of drug-likeness (QED) is 0.766. The molecule has 1 aromatic carbocycles. The van der Waals surface area contributed by atoms with Gasteiger partial charge in [-0.25, -0.2) is 0 Å². The van der Waals surface area contributed by atoms with Crippen molar-refractivity contribution in [2.24, 2.45) is 0 Å². The highest BCUT2D eigenvalue weighted by Gasteiger charge is 2.41. The van der Waals surface area contributed by atoms with Gasteiger partial charge in [-0.1, -0.05) is 30.3 Å². The molecule has 0 saturated heterocycles. The zero-order valence-corrected chi connectivity index (χ0v) is 10.7. The Morgan fingerprint density at radius 3 is 2.37 bits per heavy atom. The van der Waals surface area contributed by atoms with Crippen molar-refractivity contribution in [2.45, 2.75) is 38.0 Å². The van der Waals surface area contributed by atoms with Crippen molar-refractivity contribution in [1.82, 2.24) is 4.90 Å². The lowest BCUT2D eigenvalue weighted by atomic mass is 10.0. The summed E-state index contributed by atoms with van der Waals surface area (Å²) in [6, 6.07) is 7.63. The first-order valence-electron chi connectivity index (χ1n) is 6.30. The van der Waals surface area contributed by atoms with Gasteiger partial charge in [0.05, 0.1) is 12.6 Å². The number of benzene rings is 1. The lowest BCUT2D eigenvalue weighted by Gasteiger charge is -2.28. The summed E-state index contributed by atoms with van der Waals surface area (Å²) in [5, 5.41) is 0. The van der Waals surface area contributed by atoms with Gasteiger partial charge in [-0.2, -0.15) is 13.2 Å². The van der Waals surface area contributed by atoms with Gasteiger partial charge in [-0.05, 0) is 19.8 Å². The molecular formula is C14H16F3NO. The molecule has 1 atom stereocenters. The number of Topliss-reactive ketones (excluding diaryl/α,β-unsaturated/α-hetero) is 1. The van der Waals surface area contributed by atoms with E-state index in [-0.39, 0.29) is 11.8 Å². The Hall–Kier alpha value is -1.36. The minimum Gasteiger partial charge on any atom is -0.292 e. The van der Waals surface area contributed by atoms with Crippen molar-refractivity contribution in [3.8, 4) is 0 Å². The van der Waals surface area contributed by atoms with Crippen LogP contribution in [-0.2, 0) is 0 Å². The Morgan fingerprint density at radius 2 is 1.89 bits per heavy atom. The van der Waals surface area contributed by atoms with E-state index in [1.54, 1.807) is 37.3 Å². The SMILES string of the molecule is CC(C(=O)c1ccccc1)N(CC(F)(F)F)C1CC1. The van der Waals surface area contributed by atoms with Crippen molar-refractivity contribution in [2.75, 3.05) is 6.54 Å². The number of hydrogen-bond acceptors (Lipinski definition) is 2. The molecule has 0 aromatic heterocycles. The van der Waals surface area contributed by atoms with E-state index >= 15 is 0 Å². The maximum absolute atomic E-state index is 12.6. The fourth-order valence-corrected chi connectivity index (χ4v) is 2.19. The topological polar surface area (TPSA) is 20.3 Å². The van der Waals surface area contributed by atoms with Crippen LogP contribution in [0.1, 0.15) is 30.1 Å². The van der Waals surface area contributed by atoms with Crippen LogP contribution in [0.3, 0.4) is 0 Å². The summed E-state index contributed by atoms with van der Waals surface area (Å²) < 4.78 is 37.7. The van der Waals surface area contributed by atoms with E-state index in [1.807, 2.05) is 0 Å². The van der Waals surface area contributed by atoms with E-state index in [2.05, 4.69) is 0 Å². The van der Waals surface area contributed by atoms with Gasteiger partial charge in [0, 0.05) is 11.6 Å². The molecule has 0 radical (unpaired) electrons. The van der Waals surface area contributed by atoms with Crippen LogP contribution in [0.5, 0.6) is 0 Å². The van der Waals surface area contributed by atoms with Crippen molar-refractivity contribution in [1.29, 1.82) is 0 Å². The fraction of sp³-hybridized carbons (Fsp3) is 0.500. The van der Waals surface area contributed by atoms with Gasteiger partial charge in [-0.15, -0.1) is 0 Å². The predicted octanol–water partition coefficient (Wildman–Crippen LogP) is 3.28. The Bertz CT molecular complexity index is 440. The van der Waals surface area contributed by atoms with Gasteiger partial charge in [0.2, 0.25) is 0 Å². The summed E-state index contributed by atoms with van der Waals surface area (Å²) in [7, 11) is 0. The lowest BCUT2D eigenvalue weighted by Crippen LogP contribution is -2.45. The molecule has 104 valence electrons. The van der Waals surface area contributed by atoms with Crippen LogP contribution in [0.15, 0.2) is 30.3 Å². The van der Waals surface area contributed by atoms with Crippen LogP contribution >= 0.6 is 0 Å². The summed E-state index contributed by atoms with van der Waals surface area (Å²) in [5.74, 6) is -0.253. The monoisotopic (exact) mass is 271 g/mol. The first-order chi connectivity index (χ1) is 8.88. The number of rotatable bonds is 5. The van der Waals surface area contributed by atoms with Crippen LogP contribution in [-0.4, -0.2) is 35.5 Å². The number of alkyl halides is 3. The first kappa shape index (κ1) is 14.1. The maximum Gasteiger partial charge on any atom is 0.401 e. The number of halogens is 3. The van der Waals surface area contributed by atoms with Gasteiger partial charge in [-0.3, -0.25) is 9.69 Å². The molecule has 1 aliphatic carbocycles. The van der Waals surface area contributed by atoms with Gasteiger partial charge in [0.15, 0.2) is 5.78 Å². The average molecular weight is 271 g/mol. The third-order valence-corrected chi connectivity index (χ3v) is 3.31. The molecule has 1 aromatic rings. The van der Waals surface area contributed by atoms with Crippen LogP contribution in [0.2, 0.25) is 0 Å². The first-order valence-corrected chi connectivity index (χ1v) is 6.30. The Labute approximate surface area is 110 Å². The van der Waals surface area contributed by atoms with Crippen LogP contribution < -0.4 is 0 Å². The number of carbonyl (C=O) groups excluding carboxylic acids is 1. The van der Waals surface area contributed by atoms with E-state index in [9.17, 15) is 18.0 Å². The number of ketones is 1. The van der Waals surface area contributed by atoms with Crippen molar-refractivity contribution < 1.29 is 18.0 Å². The summed E-state index contributed by atoms with van der Waals surface area (Å²) in [6.45, 7) is 0.538. The molecule has 0 aliphatic heterocycles. The lowest BCUT2D eigenvalue weighted by molar-refractivity contribution is -0.149.